The maximum Gasteiger partial charge on any atom is 0.340 e. The molecule has 0 radical (unpaired) electrons. The van der Waals surface area contributed by atoms with Crippen molar-refractivity contribution < 1.29 is 53.2 Å². The maximum absolute atomic E-state index is 13.9. The molecule has 0 spiro atoms. The van der Waals surface area contributed by atoms with Crippen LogP contribution in [0.1, 0.15) is 52.9 Å². The molecule has 1 heterocycles. The summed E-state index contributed by atoms with van der Waals surface area (Å²) in [5, 5.41) is 22.9. The Hall–Kier alpha value is -3.80. The Kier molecular flexibility index (Phi) is 7.77. The quantitative estimate of drug-likeness (QED) is 0.274. The average molecular weight is 560 g/mol. The van der Waals surface area contributed by atoms with Crippen LogP contribution in [0.4, 0.5) is 0 Å². The first-order valence-corrected chi connectivity index (χ1v) is 13.1. The van der Waals surface area contributed by atoms with Crippen LogP contribution in [-0.4, -0.2) is 77.9 Å². The lowest BCUT2D eigenvalue weighted by atomic mass is 9.53. The van der Waals surface area contributed by atoms with E-state index in [1.54, 1.807) is 13.8 Å². The fourth-order valence-corrected chi connectivity index (χ4v) is 6.70. The van der Waals surface area contributed by atoms with Gasteiger partial charge in [-0.25, -0.2) is 4.79 Å². The number of carboxylic acids is 1. The molecule has 0 aromatic carbocycles. The molecule has 1 aliphatic heterocycles. The summed E-state index contributed by atoms with van der Waals surface area (Å²) < 4.78 is 16.8. The van der Waals surface area contributed by atoms with Crippen LogP contribution in [0.15, 0.2) is 34.3 Å². The minimum atomic E-state index is -1.40. The van der Waals surface area contributed by atoms with Crippen molar-refractivity contribution in [2.75, 3.05) is 20.3 Å². The van der Waals surface area contributed by atoms with Crippen LogP contribution < -0.4 is 5.32 Å². The Balaban J connectivity index is 1.85. The predicted octanol–water partition coefficient (Wildman–Crippen LogP) is 1.48. The average Bonchev–Trinajstić information content (AvgIpc) is 3.16. The van der Waals surface area contributed by atoms with Crippen LogP contribution in [0.3, 0.4) is 0 Å². The van der Waals surface area contributed by atoms with E-state index in [1.807, 2.05) is 0 Å². The van der Waals surface area contributed by atoms with E-state index in [4.69, 9.17) is 19.3 Å². The topological polar surface area (TPSA) is 183 Å². The number of aliphatic hydroxyl groups is 1. The SMILES string of the molecule is COC[C@H]1OC(=O)/C(=C\NCC(=O)CCC(=O)O)C2=C(O)C(=O)C3=C([C@H](OC(C)=O)C[C@]4(C)C(=O)CC[C@@H]34)[C@]21C. The van der Waals surface area contributed by atoms with Gasteiger partial charge in [-0.15, -0.1) is 0 Å². The van der Waals surface area contributed by atoms with Crippen LogP contribution in [0.5, 0.6) is 0 Å². The molecule has 0 unspecified atom stereocenters. The third kappa shape index (κ3) is 4.63. The lowest BCUT2D eigenvalue weighted by Gasteiger charge is -2.53. The molecule has 40 heavy (non-hydrogen) atoms. The molecule has 0 aromatic heterocycles. The van der Waals surface area contributed by atoms with Crippen LogP contribution in [0.2, 0.25) is 0 Å². The van der Waals surface area contributed by atoms with Gasteiger partial charge in [0.1, 0.15) is 18.0 Å². The van der Waals surface area contributed by atoms with Crippen molar-refractivity contribution in [1.29, 1.82) is 0 Å². The van der Waals surface area contributed by atoms with Crippen molar-refractivity contribution in [3.63, 3.8) is 0 Å². The van der Waals surface area contributed by atoms with Crippen LogP contribution >= 0.6 is 0 Å². The number of rotatable bonds is 9. The van der Waals surface area contributed by atoms with Gasteiger partial charge in [-0.3, -0.25) is 24.0 Å². The molecule has 2 fully saturated rings. The van der Waals surface area contributed by atoms with Gasteiger partial charge in [0.05, 0.1) is 30.6 Å². The van der Waals surface area contributed by atoms with Crippen molar-refractivity contribution in [2.24, 2.45) is 16.7 Å². The number of hydrogen-bond acceptors (Lipinski definition) is 11. The number of aliphatic carboxylic acids is 1. The monoisotopic (exact) mass is 559 g/mol. The second-order valence-electron chi connectivity index (χ2n) is 11.0. The molecular formula is C28H33NO11. The summed E-state index contributed by atoms with van der Waals surface area (Å²) in [6.07, 6.45) is -0.752. The van der Waals surface area contributed by atoms with E-state index in [0.717, 1.165) is 6.20 Å². The highest BCUT2D eigenvalue weighted by Gasteiger charge is 2.64. The molecule has 0 aromatic rings. The van der Waals surface area contributed by atoms with Gasteiger partial charge in [-0.05, 0) is 18.9 Å². The molecule has 5 atom stereocenters. The zero-order valence-electron chi connectivity index (χ0n) is 22.8. The number of carboxylic acid groups (broad SMARTS) is 1. The molecule has 1 saturated carbocycles. The van der Waals surface area contributed by atoms with E-state index in [9.17, 15) is 33.9 Å². The van der Waals surface area contributed by atoms with Gasteiger partial charge in [-0.2, -0.15) is 0 Å². The zero-order chi connectivity index (χ0) is 29.6. The molecule has 4 aliphatic rings. The van der Waals surface area contributed by atoms with E-state index in [1.165, 1.54) is 14.0 Å². The van der Waals surface area contributed by atoms with Crippen molar-refractivity contribution in [1.82, 2.24) is 5.32 Å². The van der Waals surface area contributed by atoms with Crippen LogP contribution in [-0.2, 0) is 43.0 Å². The van der Waals surface area contributed by atoms with E-state index < -0.39 is 64.2 Å². The Labute approximate surface area is 230 Å². The lowest BCUT2D eigenvalue weighted by molar-refractivity contribution is -0.160. The van der Waals surface area contributed by atoms with Crippen LogP contribution in [0, 0.1) is 16.7 Å². The molecule has 0 bridgehead atoms. The van der Waals surface area contributed by atoms with Crippen molar-refractivity contribution >= 4 is 35.3 Å². The van der Waals surface area contributed by atoms with Gasteiger partial charge in [0, 0.05) is 62.0 Å². The van der Waals surface area contributed by atoms with E-state index in [0.29, 0.717) is 12.0 Å². The van der Waals surface area contributed by atoms with E-state index in [2.05, 4.69) is 5.32 Å². The van der Waals surface area contributed by atoms with E-state index in [-0.39, 0.29) is 61.3 Å². The fourth-order valence-electron chi connectivity index (χ4n) is 6.70. The number of nitrogens with one attached hydrogen (secondary N) is 1. The number of carbonyl (C=O) groups is 6. The molecular weight excluding hydrogens is 526 g/mol. The standard InChI is InChI=1S/C28H33NO11/c1-13(30)39-17-9-27(2)16(6-7-18(27)32)21-23(17)28(3)19(12-38-4)40-26(37)15(22(28)25(36)24(21)35)11-29-10-14(31)5-8-20(33)34/h11,16-17,19,29,36H,5-10,12H2,1-4H3,(H,33,34)/b15-11-/t16-,17+,19+,27-,28-/m0/s1. The second-order valence-corrected chi connectivity index (χ2v) is 11.0. The molecule has 1 saturated heterocycles. The van der Waals surface area contributed by atoms with Gasteiger partial charge in [-0.1, -0.05) is 6.92 Å². The minimum Gasteiger partial charge on any atom is -0.504 e. The number of fused-ring (bicyclic) bond motifs is 4. The van der Waals surface area contributed by atoms with Gasteiger partial charge in [0.15, 0.2) is 11.5 Å². The third-order valence-electron chi connectivity index (χ3n) is 8.58. The first kappa shape index (κ1) is 29.2. The summed E-state index contributed by atoms with van der Waals surface area (Å²) >= 11 is 0. The minimum absolute atomic E-state index is 0.0608. The molecule has 216 valence electrons. The number of aliphatic hydroxyl groups excluding tert-OH is 1. The molecule has 12 nitrogen and oxygen atoms in total. The van der Waals surface area contributed by atoms with Crippen LogP contribution in [0.25, 0.3) is 0 Å². The number of hydrogen-bond donors (Lipinski definition) is 3. The summed E-state index contributed by atoms with van der Waals surface area (Å²) in [5.41, 5.74) is -2.12. The molecule has 3 aliphatic carbocycles. The first-order chi connectivity index (χ1) is 18.8. The number of methoxy groups -OCH3 is 1. The number of carbonyl (C=O) groups excluding carboxylic acids is 5. The lowest BCUT2D eigenvalue weighted by Crippen LogP contribution is -2.57. The Morgan fingerprint density at radius 1 is 1.18 bits per heavy atom. The number of ketones is 3. The number of allylic oxidation sites excluding steroid dienone is 1. The third-order valence-corrected chi connectivity index (χ3v) is 8.58. The Bertz CT molecular complexity index is 1290. The molecule has 12 heteroatoms. The summed E-state index contributed by atoms with van der Waals surface area (Å²) in [6.45, 7) is 4.20. The highest BCUT2D eigenvalue weighted by Crippen LogP contribution is 2.62. The predicted molar refractivity (Wildman–Crippen MR) is 136 cm³/mol. The zero-order valence-corrected chi connectivity index (χ0v) is 22.8. The highest BCUT2D eigenvalue weighted by molar-refractivity contribution is 6.14. The summed E-state index contributed by atoms with van der Waals surface area (Å²) in [5.74, 6) is -5.13. The van der Waals surface area contributed by atoms with Crippen molar-refractivity contribution in [3.05, 3.63) is 34.3 Å². The van der Waals surface area contributed by atoms with Gasteiger partial charge in [0.2, 0.25) is 5.78 Å². The van der Waals surface area contributed by atoms with Gasteiger partial charge < -0.3 is 29.7 Å². The summed E-state index contributed by atoms with van der Waals surface area (Å²) in [4.78, 5) is 75.1. The molecule has 0 amide bonds. The maximum atomic E-state index is 13.9. The number of Topliss-reactive ketones (excluding diaryl/α,β-unsaturated/α-hetero) is 3. The van der Waals surface area contributed by atoms with Crippen molar-refractivity contribution in [2.45, 2.75) is 65.1 Å². The van der Waals surface area contributed by atoms with Gasteiger partial charge in [0.25, 0.3) is 0 Å². The number of cyclic esters (lactones) is 1. The number of ether oxygens (including phenoxy) is 3. The Morgan fingerprint density at radius 3 is 2.50 bits per heavy atom. The largest absolute Gasteiger partial charge is 0.504 e. The smallest absolute Gasteiger partial charge is 0.340 e. The molecule has 4 rings (SSSR count). The Morgan fingerprint density at radius 2 is 1.88 bits per heavy atom. The number of esters is 2. The molecule has 3 N–H and O–H groups in total. The van der Waals surface area contributed by atoms with E-state index >= 15 is 0 Å². The highest BCUT2D eigenvalue weighted by atomic mass is 16.6. The van der Waals surface area contributed by atoms with Crippen molar-refractivity contribution in [3.8, 4) is 0 Å². The van der Waals surface area contributed by atoms with Gasteiger partial charge >= 0.3 is 17.9 Å². The normalized spacial score (nSPS) is 32.4. The second kappa shape index (κ2) is 10.6. The first-order valence-electron chi connectivity index (χ1n) is 13.1. The summed E-state index contributed by atoms with van der Waals surface area (Å²) in [7, 11) is 1.40. The fraction of sp³-hybridized carbons (Fsp3) is 0.571. The summed E-state index contributed by atoms with van der Waals surface area (Å²) in [6, 6.07) is 0.